The molecule has 0 aliphatic carbocycles. The topological polar surface area (TPSA) is 169 Å². The Morgan fingerprint density at radius 3 is 1.33 bits per heavy atom. The van der Waals surface area contributed by atoms with Crippen LogP contribution in [0.1, 0.15) is 226 Å². The molecule has 0 saturated heterocycles. The molecule has 11 nitrogen and oxygen atoms in total. The Morgan fingerprint density at radius 1 is 0.544 bits per heavy atom. The van der Waals surface area contributed by atoms with Gasteiger partial charge in [0.1, 0.15) is 12.7 Å². The molecule has 0 saturated carbocycles. The minimum atomic E-state index is -4.75. The summed E-state index contributed by atoms with van der Waals surface area (Å²) < 4.78 is 26.8. The number of aliphatic hydroxyl groups excluding tert-OH is 1. The van der Waals surface area contributed by atoms with Gasteiger partial charge in [-0.2, -0.15) is 0 Å². The highest BCUT2D eigenvalue weighted by atomic mass is 31.2. The first-order valence-corrected chi connectivity index (χ1v) is 24.7. The molecule has 0 rings (SSSR count). The van der Waals surface area contributed by atoms with E-state index in [-0.39, 0.29) is 12.8 Å². The predicted molar refractivity (Wildman–Crippen MR) is 231 cm³/mol. The average Bonchev–Trinajstić information content (AvgIpc) is 3.18. The van der Waals surface area contributed by atoms with Crippen molar-refractivity contribution < 1.29 is 47.8 Å². The number of carbonyl (C=O) groups excluding carboxylic acids is 2. The van der Waals surface area contributed by atoms with E-state index in [1.165, 1.54) is 148 Å². The summed E-state index contributed by atoms with van der Waals surface area (Å²) in [4.78, 5) is 45.9. The van der Waals surface area contributed by atoms with E-state index in [9.17, 15) is 34.1 Å². The molecule has 12 heteroatoms. The van der Waals surface area contributed by atoms with Crippen molar-refractivity contribution in [1.82, 2.24) is 5.32 Å². The van der Waals surface area contributed by atoms with Crippen molar-refractivity contribution in [2.45, 2.75) is 238 Å². The number of hydrogen-bond acceptors (Lipinski definition) is 8. The number of carboxylic acids is 1. The Hall–Kier alpha value is -1.78. The first-order valence-electron chi connectivity index (χ1n) is 23.2. The lowest BCUT2D eigenvalue weighted by molar-refractivity contribution is -0.147. The quantitative estimate of drug-likeness (QED) is 0.0201. The minimum Gasteiger partial charge on any atom is -0.480 e. The number of aliphatic hydroxyl groups is 1. The number of amides is 1. The van der Waals surface area contributed by atoms with Crippen LogP contribution >= 0.6 is 7.82 Å². The molecule has 1 amide bonds. The predicted octanol–water partition coefficient (Wildman–Crippen LogP) is 12.1. The lowest BCUT2D eigenvalue weighted by Gasteiger charge is -2.18. The van der Waals surface area contributed by atoms with Gasteiger partial charge in [0.25, 0.3) is 0 Å². The second-order valence-corrected chi connectivity index (χ2v) is 17.4. The van der Waals surface area contributed by atoms with Crippen LogP contribution in [0.5, 0.6) is 0 Å². The Labute approximate surface area is 347 Å². The molecule has 0 aromatic heterocycles. The van der Waals surface area contributed by atoms with Crippen LogP contribution in [0.15, 0.2) is 12.2 Å². The number of aliphatic carboxylic acids is 1. The Morgan fingerprint density at radius 2 is 0.912 bits per heavy atom. The second-order valence-electron chi connectivity index (χ2n) is 15.9. The number of phosphoric acid groups is 1. The van der Waals surface area contributed by atoms with Crippen LogP contribution in [0.25, 0.3) is 0 Å². The largest absolute Gasteiger partial charge is 0.480 e. The van der Waals surface area contributed by atoms with Crippen molar-refractivity contribution >= 4 is 25.7 Å². The van der Waals surface area contributed by atoms with Crippen molar-refractivity contribution in [2.24, 2.45) is 0 Å². The summed E-state index contributed by atoms with van der Waals surface area (Å²) in [6, 6.07) is -1.54. The zero-order valence-corrected chi connectivity index (χ0v) is 37.3. The molecule has 0 heterocycles. The van der Waals surface area contributed by atoms with Gasteiger partial charge in [0.05, 0.1) is 13.2 Å². The zero-order chi connectivity index (χ0) is 42.1. The van der Waals surface area contributed by atoms with Gasteiger partial charge in [-0.3, -0.25) is 18.6 Å². The Bertz CT molecular complexity index is 1030. The fourth-order valence-corrected chi connectivity index (χ4v) is 7.44. The molecule has 3 atom stereocenters. The molecule has 0 spiro atoms. The van der Waals surface area contributed by atoms with E-state index in [4.69, 9.17) is 13.8 Å². The highest BCUT2D eigenvalue weighted by Crippen LogP contribution is 2.43. The first kappa shape index (κ1) is 55.2. The first-order chi connectivity index (χ1) is 27.6. The number of carbonyl (C=O) groups is 3. The van der Waals surface area contributed by atoms with E-state index in [0.29, 0.717) is 12.8 Å². The summed E-state index contributed by atoms with van der Waals surface area (Å²) in [6.45, 7) is 2.60. The molecular formula is C45H86NO10P. The molecule has 336 valence electrons. The number of hydrogen-bond donors (Lipinski definition) is 4. The maximum absolute atomic E-state index is 12.3. The summed E-state index contributed by atoms with van der Waals surface area (Å²) >= 11 is 0. The molecule has 0 aliphatic heterocycles. The molecule has 4 N–H and O–H groups in total. The number of rotatable bonds is 44. The van der Waals surface area contributed by atoms with Crippen LogP contribution < -0.4 is 5.32 Å². The van der Waals surface area contributed by atoms with Gasteiger partial charge in [0.2, 0.25) is 5.91 Å². The lowest BCUT2D eigenvalue weighted by atomic mass is 10.0. The van der Waals surface area contributed by atoms with Crippen LogP contribution in [0, 0.1) is 0 Å². The van der Waals surface area contributed by atoms with E-state index in [2.05, 4.69) is 31.3 Å². The van der Waals surface area contributed by atoms with Crippen molar-refractivity contribution in [1.29, 1.82) is 0 Å². The molecule has 57 heavy (non-hydrogen) atoms. The molecule has 0 fully saturated rings. The number of esters is 1. The smallest absolute Gasteiger partial charge is 0.472 e. The fraction of sp³-hybridized carbons (Fsp3) is 0.889. The Balaban J connectivity index is 3.81. The standard InChI is InChI=1S/C45H86NO10P/c1-3-5-7-9-11-13-15-17-18-19-20-21-22-23-24-25-27-29-31-33-35-37-44(49)54-38-41(47)39-55-57(52,53)56-40-42(45(50)51)46-43(48)36-34-32-30-28-26-16-14-12-10-8-6-4-2/h17-18,41-42,47H,3-16,19-40H2,1-2H3,(H,46,48)(H,50,51)(H,52,53)/b18-17+. The van der Waals surface area contributed by atoms with Gasteiger partial charge in [-0.05, 0) is 38.5 Å². The third kappa shape index (κ3) is 40.8. The number of allylic oxidation sites excluding steroid dienone is 2. The van der Waals surface area contributed by atoms with Crippen LogP contribution in [-0.4, -0.2) is 64.9 Å². The van der Waals surface area contributed by atoms with Gasteiger partial charge in [0.15, 0.2) is 6.04 Å². The van der Waals surface area contributed by atoms with Gasteiger partial charge in [-0.25, -0.2) is 9.36 Å². The minimum absolute atomic E-state index is 0.150. The molecule has 0 aromatic carbocycles. The van der Waals surface area contributed by atoms with Crippen molar-refractivity contribution in [3.05, 3.63) is 12.2 Å². The van der Waals surface area contributed by atoms with Gasteiger partial charge in [0, 0.05) is 12.8 Å². The zero-order valence-electron chi connectivity index (χ0n) is 36.4. The molecule has 0 aromatic rings. The van der Waals surface area contributed by atoms with Crippen molar-refractivity contribution in [3.8, 4) is 0 Å². The van der Waals surface area contributed by atoms with E-state index in [1.54, 1.807) is 0 Å². The second kappa shape index (κ2) is 41.0. The molecule has 0 aliphatic rings. The monoisotopic (exact) mass is 832 g/mol. The van der Waals surface area contributed by atoms with Crippen LogP contribution in [0.2, 0.25) is 0 Å². The maximum Gasteiger partial charge on any atom is 0.472 e. The summed E-state index contributed by atoms with van der Waals surface area (Å²) in [6.07, 6.45) is 41.0. The number of unbranched alkanes of at least 4 members (excludes halogenated alkanes) is 28. The molecule has 0 bridgehead atoms. The van der Waals surface area contributed by atoms with Gasteiger partial charge in [-0.1, -0.05) is 187 Å². The maximum atomic E-state index is 12.3. The summed E-state index contributed by atoms with van der Waals surface area (Å²) in [5.41, 5.74) is 0. The third-order valence-corrected chi connectivity index (χ3v) is 11.3. The number of ether oxygens (including phenoxy) is 1. The highest BCUT2D eigenvalue weighted by molar-refractivity contribution is 7.47. The van der Waals surface area contributed by atoms with E-state index < -0.39 is 57.6 Å². The summed E-state index contributed by atoms with van der Waals surface area (Å²) in [5.74, 6) is -2.36. The van der Waals surface area contributed by atoms with Gasteiger partial charge >= 0.3 is 19.8 Å². The van der Waals surface area contributed by atoms with Crippen LogP contribution in [0.4, 0.5) is 0 Å². The van der Waals surface area contributed by atoms with Crippen molar-refractivity contribution in [3.63, 3.8) is 0 Å². The van der Waals surface area contributed by atoms with E-state index >= 15 is 0 Å². The lowest BCUT2D eigenvalue weighted by Crippen LogP contribution is -2.43. The van der Waals surface area contributed by atoms with Crippen molar-refractivity contribution in [2.75, 3.05) is 19.8 Å². The number of carboxylic acid groups (broad SMARTS) is 1. The molecule has 3 unspecified atom stereocenters. The molecular weight excluding hydrogens is 745 g/mol. The normalized spacial score (nSPS) is 13.8. The molecule has 0 radical (unpaired) electrons. The van der Waals surface area contributed by atoms with E-state index in [0.717, 1.165) is 38.5 Å². The Kier molecular flexibility index (Phi) is 39.7. The summed E-state index contributed by atoms with van der Waals surface area (Å²) in [5, 5.41) is 21.8. The van der Waals surface area contributed by atoms with E-state index in [1.807, 2.05) is 0 Å². The number of nitrogens with one attached hydrogen (secondary N) is 1. The SMILES string of the molecule is CCCCCCCC/C=C/CCCCCCCCCCCCCC(=O)OCC(O)COP(=O)(O)OCC(NC(=O)CCCCCCCCCCCCCC)C(=O)O. The average molecular weight is 832 g/mol. The fourth-order valence-electron chi connectivity index (χ4n) is 6.66. The van der Waals surface area contributed by atoms with Crippen LogP contribution in [-0.2, 0) is 32.7 Å². The highest BCUT2D eigenvalue weighted by Gasteiger charge is 2.28. The number of phosphoric ester groups is 1. The van der Waals surface area contributed by atoms with Gasteiger partial charge < -0.3 is 25.2 Å². The third-order valence-electron chi connectivity index (χ3n) is 10.3. The van der Waals surface area contributed by atoms with Crippen LogP contribution in [0.3, 0.4) is 0 Å². The summed E-state index contributed by atoms with van der Waals surface area (Å²) in [7, 11) is -4.75. The van der Waals surface area contributed by atoms with Gasteiger partial charge in [-0.15, -0.1) is 0 Å².